The second-order valence-electron chi connectivity index (χ2n) is 11.6. The molecule has 0 aliphatic carbocycles. The largest absolute Gasteiger partial charge is 0.479 e. The van der Waals surface area contributed by atoms with E-state index in [-0.39, 0.29) is 5.91 Å². The Morgan fingerprint density at radius 2 is 1.72 bits per heavy atom. The number of hydrogen-bond donors (Lipinski definition) is 1. The van der Waals surface area contributed by atoms with Gasteiger partial charge in [-0.3, -0.25) is 9.69 Å². The number of amides is 1. The van der Waals surface area contributed by atoms with Crippen molar-refractivity contribution in [2.75, 3.05) is 26.2 Å². The lowest BCUT2D eigenvalue weighted by molar-refractivity contribution is -0.144. The Bertz CT molecular complexity index is 1440. The topological polar surface area (TPSA) is 83.0 Å². The number of nitrogens with zero attached hydrogens (tertiary/aromatic N) is 3. The number of thioether (sulfide) groups is 1. The number of aliphatic carboxylic acids is 1. The van der Waals surface area contributed by atoms with Gasteiger partial charge in [0.15, 0.2) is 6.10 Å². The highest BCUT2D eigenvalue weighted by Crippen LogP contribution is 2.36. The van der Waals surface area contributed by atoms with E-state index in [1.165, 1.54) is 30.4 Å². The van der Waals surface area contributed by atoms with Gasteiger partial charge < -0.3 is 14.7 Å². The van der Waals surface area contributed by atoms with Gasteiger partial charge in [-0.1, -0.05) is 32.9 Å². The predicted molar refractivity (Wildman–Crippen MR) is 162 cm³/mol. The number of aromatic nitrogens is 1. The van der Waals surface area contributed by atoms with Crippen LogP contribution in [0.2, 0.25) is 0 Å². The number of carboxylic acid groups (broad SMARTS) is 1. The first-order chi connectivity index (χ1) is 20.1. The SMILES string of the molecule is Cc1cc(SCc2sc(-c3ccc(C(F)(F)F)cc3)nc2CN2CCN(C(=O)C(C)(C)C)CC2)ccc1OC(C)C(=O)O. The number of rotatable bonds is 9. The lowest BCUT2D eigenvalue weighted by atomic mass is 9.94. The summed E-state index contributed by atoms with van der Waals surface area (Å²) >= 11 is 3.06. The molecule has 0 spiro atoms. The standard InChI is InChI=1S/C31H36F3N3O4S2/c1-19-16-23(10-11-25(19)41-20(2)28(38)39)42-18-26-24(17-36-12-14-37(15-13-36)29(40)30(3,4)5)35-27(43-26)21-6-8-22(9-7-21)31(32,33)34/h6-11,16,20H,12-15,17-18H2,1-5H3,(H,38,39). The molecule has 1 unspecified atom stereocenters. The van der Waals surface area contributed by atoms with E-state index < -0.39 is 29.2 Å². The molecule has 4 rings (SSSR count). The van der Waals surface area contributed by atoms with Crippen molar-refractivity contribution in [2.45, 2.75) is 64.1 Å². The molecule has 43 heavy (non-hydrogen) atoms. The number of piperazine rings is 1. The number of benzene rings is 2. The fraction of sp³-hybridized carbons (Fsp3) is 0.452. The maximum Gasteiger partial charge on any atom is 0.416 e. The highest BCUT2D eigenvalue weighted by Gasteiger charge is 2.31. The second kappa shape index (κ2) is 13.3. The third-order valence-corrected chi connectivity index (χ3v) is 9.43. The summed E-state index contributed by atoms with van der Waals surface area (Å²) < 4.78 is 44.9. The van der Waals surface area contributed by atoms with Crippen molar-refractivity contribution in [1.29, 1.82) is 0 Å². The highest BCUT2D eigenvalue weighted by atomic mass is 32.2. The van der Waals surface area contributed by atoms with Crippen LogP contribution in [-0.4, -0.2) is 64.0 Å². The van der Waals surface area contributed by atoms with Gasteiger partial charge in [0.2, 0.25) is 5.91 Å². The number of carbonyl (C=O) groups is 2. The molecule has 0 saturated carbocycles. The van der Waals surface area contributed by atoms with Gasteiger partial charge in [0.25, 0.3) is 0 Å². The summed E-state index contributed by atoms with van der Waals surface area (Å²) in [4.78, 5) is 34.9. The summed E-state index contributed by atoms with van der Waals surface area (Å²) in [5.74, 6) is 0.195. The van der Waals surface area contributed by atoms with Gasteiger partial charge in [0.1, 0.15) is 10.8 Å². The van der Waals surface area contributed by atoms with Crippen molar-refractivity contribution < 1.29 is 32.6 Å². The van der Waals surface area contributed by atoms with Crippen molar-refractivity contribution in [3.8, 4) is 16.3 Å². The summed E-state index contributed by atoms with van der Waals surface area (Å²) in [6, 6.07) is 10.7. The lowest BCUT2D eigenvalue weighted by Crippen LogP contribution is -2.51. The van der Waals surface area contributed by atoms with Crippen LogP contribution in [0.25, 0.3) is 10.6 Å². The van der Waals surface area contributed by atoms with E-state index in [0.29, 0.717) is 54.8 Å². The van der Waals surface area contributed by atoms with Crippen LogP contribution in [-0.2, 0) is 28.1 Å². The quantitative estimate of drug-likeness (QED) is 0.254. The monoisotopic (exact) mass is 635 g/mol. The van der Waals surface area contributed by atoms with Gasteiger partial charge in [-0.05, 0) is 49.7 Å². The number of carbonyl (C=O) groups excluding carboxylic acids is 1. The Labute approximate surface area is 258 Å². The zero-order valence-corrected chi connectivity index (χ0v) is 26.5. The van der Waals surface area contributed by atoms with Crippen LogP contribution in [0.3, 0.4) is 0 Å². The Balaban J connectivity index is 1.52. The Kier molecular flexibility index (Phi) is 10.1. The van der Waals surface area contributed by atoms with Gasteiger partial charge in [-0.15, -0.1) is 23.1 Å². The molecule has 12 heteroatoms. The normalized spacial score (nSPS) is 15.4. The number of thiazole rings is 1. The first kappa shape index (κ1) is 32.8. The van der Waals surface area contributed by atoms with Gasteiger partial charge in [0.05, 0.1) is 11.3 Å². The molecule has 1 aliphatic heterocycles. The average molecular weight is 636 g/mol. The first-order valence-electron chi connectivity index (χ1n) is 13.9. The fourth-order valence-electron chi connectivity index (χ4n) is 4.57. The molecule has 7 nitrogen and oxygen atoms in total. The Hall–Kier alpha value is -3.09. The van der Waals surface area contributed by atoms with Crippen molar-refractivity contribution >= 4 is 35.0 Å². The summed E-state index contributed by atoms with van der Waals surface area (Å²) in [6.07, 6.45) is -5.37. The zero-order valence-electron chi connectivity index (χ0n) is 24.8. The lowest BCUT2D eigenvalue weighted by Gasteiger charge is -2.37. The number of halogens is 3. The third-order valence-electron chi connectivity index (χ3n) is 7.08. The molecule has 1 N–H and O–H groups in total. The molecule has 0 radical (unpaired) electrons. The van der Waals surface area contributed by atoms with E-state index in [2.05, 4.69) is 4.90 Å². The van der Waals surface area contributed by atoms with Crippen molar-refractivity contribution in [3.63, 3.8) is 0 Å². The summed E-state index contributed by atoms with van der Waals surface area (Å²) in [5, 5.41) is 9.80. The molecule has 0 bridgehead atoms. The number of aryl methyl sites for hydroxylation is 1. The van der Waals surface area contributed by atoms with Gasteiger partial charge >= 0.3 is 12.1 Å². The first-order valence-corrected chi connectivity index (χ1v) is 15.7. The van der Waals surface area contributed by atoms with E-state index >= 15 is 0 Å². The number of hydrogen-bond acceptors (Lipinski definition) is 7. The Morgan fingerprint density at radius 3 is 2.28 bits per heavy atom. The molecule has 1 atom stereocenters. The van der Waals surface area contributed by atoms with Gasteiger partial charge in [-0.2, -0.15) is 13.2 Å². The minimum Gasteiger partial charge on any atom is -0.479 e. The van der Waals surface area contributed by atoms with Crippen LogP contribution in [0.4, 0.5) is 13.2 Å². The van der Waals surface area contributed by atoms with Crippen molar-refractivity contribution in [2.24, 2.45) is 5.41 Å². The van der Waals surface area contributed by atoms with Crippen LogP contribution >= 0.6 is 23.1 Å². The van der Waals surface area contributed by atoms with E-state index in [4.69, 9.17) is 14.8 Å². The average Bonchev–Trinajstić information content (AvgIpc) is 3.34. The fourth-order valence-corrected chi connectivity index (χ4v) is 6.75. The maximum absolute atomic E-state index is 13.1. The molecule has 232 valence electrons. The number of alkyl halides is 3. The molecular formula is C31H36F3N3O4S2. The summed E-state index contributed by atoms with van der Waals surface area (Å²) in [7, 11) is 0. The van der Waals surface area contributed by atoms with Crippen LogP contribution in [0.5, 0.6) is 5.75 Å². The molecule has 1 aromatic heterocycles. The van der Waals surface area contributed by atoms with Crippen LogP contribution in [0.1, 0.15) is 49.4 Å². The maximum atomic E-state index is 13.1. The van der Waals surface area contributed by atoms with Crippen LogP contribution in [0.15, 0.2) is 47.4 Å². The number of ether oxygens (including phenoxy) is 1. The molecule has 1 saturated heterocycles. The summed E-state index contributed by atoms with van der Waals surface area (Å²) in [6.45, 7) is 12.3. The third kappa shape index (κ3) is 8.51. The minimum absolute atomic E-state index is 0.131. The minimum atomic E-state index is -4.41. The highest BCUT2D eigenvalue weighted by molar-refractivity contribution is 7.98. The smallest absolute Gasteiger partial charge is 0.416 e. The predicted octanol–water partition coefficient (Wildman–Crippen LogP) is 6.97. The van der Waals surface area contributed by atoms with E-state index in [0.717, 1.165) is 33.2 Å². The zero-order chi connectivity index (χ0) is 31.5. The van der Waals surface area contributed by atoms with Gasteiger partial charge in [-0.25, -0.2) is 9.78 Å². The molecule has 2 heterocycles. The van der Waals surface area contributed by atoms with Crippen molar-refractivity contribution in [1.82, 2.24) is 14.8 Å². The molecule has 1 aliphatic rings. The van der Waals surface area contributed by atoms with E-state index in [9.17, 15) is 22.8 Å². The molecular weight excluding hydrogens is 599 g/mol. The summed E-state index contributed by atoms with van der Waals surface area (Å²) in [5.41, 5.74) is 1.17. The molecule has 3 aromatic rings. The Morgan fingerprint density at radius 1 is 1.07 bits per heavy atom. The molecule has 1 fully saturated rings. The van der Waals surface area contributed by atoms with Crippen LogP contribution < -0.4 is 4.74 Å². The van der Waals surface area contributed by atoms with Crippen molar-refractivity contribution in [3.05, 3.63) is 64.2 Å². The van der Waals surface area contributed by atoms with E-state index in [1.54, 1.807) is 17.8 Å². The van der Waals surface area contributed by atoms with E-state index in [1.807, 2.05) is 44.7 Å². The molecule has 1 amide bonds. The number of carboxylic acids is 1. The van der Waals surface area contributed by atoms with Crippen LogP contribution in [0, 0.1) is 12.3 Å². The van der Waals surface area contributed by atoms with Gasteiger partial charge in [0, 0.05) is 59.2 Å². The second-order valence-corrected chi connectivity index (χ2v) is 13.7. The molecule has 2 aromatic carbocycles.